The van der Waals surface area contributed by atoms with Crippen molar-refractivity contribution >= 4 is 28.4 Å². The molecule has 2 aliphatic rings. The number of nitrogens with zero attached hydrogens (tertiary/aromatic N) is 2. The first kappa shape index (κ1) is 21.4. The van der Waals surface area contributed by atoms with Crippen LogP contribution in [-0.2, 0) is 16.0 Å². The molecule has 1 atom stereocenters. The Hall–Kier alpha value is -3.48. The minimum atomic E-state index is -0.586. The van der Waals surface area contributed by atoms with Crippen LogP contribution in [0.4, 0.5) is 5.69 Å². The van der Waals surface area contributed by atoms with Gasteiger partial charge in [-0.15, -0.1) is 0 Å². The molecule has 1 saturated heterocycles. The molecule has 172 valence electrons. The minimum absolute atomic E-state index is 0.0222. The molecular weight excluding hydrogens is 416 g/mol. The summed E-state index contributed by atoms with van der Waals surface area (Å²) >= 11 is 0. The molecule has 1 fully saturated rings. The highest BCUT2D eigenvalue weighted by Crippen LogP contribution is 2.33. The zero-order valence-electron chi connectivity index (χ0n) is 18.8. The molecule has 2 amide bonds. The number of H-pyrrole nitrogens is 1. The number of aromatic amines is 1. The number of hydrogen-bond acceptors (Lipinski definition) is 4. The van der Waals surface area contributed by atoms with E-state index in [0.717, 1.165) is 43.6 Å². The van der Waals surface area contributed by atoms with E-state index in [1.54, 1.807) is 0 Å². The summed E-state index contributed by atoms with van der Waals surface area (Å²) in [6, 6.07) is 15.8. The first-order chi connectivity index (χ1) is 16.2. The molecule has 0 unspecified atom stereocenters. The number of anilines is 1. The fraction of sp³-hybridized carbons (Fsp3) is 0.385. The molecule has 33 heavy (non-hydrogen) atoms. The zero-order valence-corrected chi connectivity index (χ0v) is 18.8. The highest BCUT2D eigenvalue weighted by Gasteiger charge is 2.34. The molecule has 1 aromatic heterocycles. The van der Waals surface area contributed by atoms with Crippen LogP contribution in [0.25, 0.3) is 10.9 Å². The summed E-state index contributed by atoms with van der Waals surface area (Å²) in [5, 5.41) is 4.23. The molecule has 2 N–H and O–H groups in total. The van der Waals surface area contributed by atoms with Crippen molar-refractivity contribution in [2.45, 2.75) is 31.8 Å². The van der Waals surface area contributed by atoms with Gasteiger partial charge in [0.1, 0.15) is 5.75 Å². The number of rotatable bonds is 6. The van der Waals surface area contributed by atoms with Gasteiger partial charge in [0, 0.05) is 36.7 Å². The van der Waals surface area contributed by atoms with Crippen LogP contribution in [0.15, 0.2) is 54.7 Å². The molecule has 0 aliphatic carbocycles. The van der Waals surface area contributed by atoms with Crippen molar-refractivity contribution in [2.24, 2.45) is 0 Å². The molecule has 2 aromatic carbocycles. The van der Waals surface area contributed by atoms with Crippen LogP contribution in [0, 0.1) is 0 Å². The van der Waals surface area contributed by atoms with Gasteiger partial charge < -0.3 is 24.8 Å². The highest BCUT2D eigenvalue weighted by atomic mass is 16.5. The molecule has 3 aromatic rings. The van der Waals surface area contributed by atoms with Crippen molar-refractivity contribution in [2.75, 3.05) is 37.6 Å². The summed E-state index contributed by atoms with van der Waals surface area (Å²) in [5.74, 6) is 0.621. The van der Waals surface area contributed by atoms with Gasteiger partial charge >= 0.3 is 0 Å². The van der Waals surface area contributed by atoms with Crippen LogP contribution in [0.2, 0.25) is 0 Å². The van der Waals surface area contributed by atoms with Gasteiger partial charge in [-0.25, -0.2) is 0 Å². The van der Waals surface area contributed by atoms with Gasteiger partial charge in [0.15, 0.2) is 6.10 Å². The van der Waals surface area contributed by atoms with E-state index < -0.39 is 6.10 Å². The number of hydrogen-bond donors (Lipinski definition) is 2. The Morgan fingerprint density at radius 3 is 2.70 bits per heavy atom. The van der Waals surface area contributed by atoms with E-state index in [1.807, 2.05) is 52.4 Å². The second-order valence-corrected chi connectivity index (χ2v) is 8.80. The third kappa shape index (κ3) is 4.67. The fourth-order valence-electron chi connectivity index (χ4n) is 4.81. The molecule has 5 rings (SSSR count). The van der Waals surface area contributed by atoms with Crippen LogP contribution in [-0.4, -0.2) is 60.5 Å². The number of likely N-dealkylation sites (tertiary alicyclic amines) is 1. The van der Waals surface area contributed by atoms with Gasteiger partial charge in [0.25, 0.3) is 5.91 Å². The summed E-state index contributed by atoms with van der Waals surface area (Å²) in [5.41, 5.74) is 3.15. The number of benzene rings is 2. The van der Waals surface area contributed by atoms with E-state index in [-0.39, 0.29) is 18.4 Å². The van der Waals surface area contributed by atoms with Gasteiger partial charge in [-0.2, -0.15) is 0 Å². The highest BCUT2D eigenvalue weighted by molar-refractivity contribution is 5.86. The topological polar surface area (TPSA) is 77.7 Å². The van der Waals surface area contributed by atoms with Gasteiger partial charge in [-0.1, -0.05) is 30.3 Å². The van der Waals surface area contributed by atoms with Crippen LogP contribution in [0.1, 0.15) is 24.8 Å². The molecule has 2 aliphatic heterocycles. The van der Waals surface area contributed by atoms with Crippen molar-refractivity contribution in [1.82, 2.24) is 15.2 Å². The van der Waals surface area contributed by atoms with Gasteiger partial charge in [-0.05, 0) is 49.4 Å². The quantitative estimate of drug-likeness (QED) is 0.610. The van der Waals surface area contributed by atoms with Gasteiger partial charge in [0.05, 0.1) is 18.8 Å². The Labute approximate surface area is 193 Å². The number of para-hydroxylation sites is 3. The summed E-state index contributed by atoms with van der Waals surface area (Å²) in [4.78, 5) is 33.0. The number of nitrogens with one attached hydrogen (secondary N) is 2. The lowest BCUT2D eigenvalue weighted by Crippen LogP contribution is -2.53. The molecule has 7 heteroatoms. The van der Waals surface area contributed by atoms with Crippen molar-refractivity contribution in [3.8, 4) is 5.75 Å². The molecule has 0 saturated carbocycles. The van der Waals surface area contributed by atoms with Crippen molar-refractivity contribution in [1.29, 1.82) is 0 Å². The Bertz CT molecular complexity index is 1140. The maximum absolute atomic E-state index is 13.1. The fourth-order valence-corrected chi connectivity index (χ4v) is 4.81. The maximum Gasteiger partial charge on any atom is 0.265 e. The molecule has 3 heterocycles. The van der Waals surface area contributed by atoms with E-state index in [0.29, 0.717) is 18.8 Å². The van der Waals surface area contributed by atoms with E-state index in [9.17, 15) is 9.59 Å². The number of carbonyl (C=O) groups excluding carboxylic acids is 2. The third-order valence-electron chi connectivity index (χ3n) is 6.53. The van der Waals surface area contributed by atoms with Gasteiger partial charge in [-0.3, -0.25) is 9.59 Å². The summed E-state index contributed by atoms with van der Waals surface area (Å²) in [6.45, 7) is 2.70. The minimum Gasteiger partial charge on any atom is -0.477 e. The molecule has 0 bridgehead atoms. The van der Waals surface area contributed by atoms with Crippen molar-refractivity contribution in [3.05, 3.63) is 60.3 Å². The standard InChI is InChI=1S/C26H30N4O3/c31-25(27-13-12-19-16-28-21-9-3-2-8-20(19)21)18-30-17-24(26(32)29-14-6-1-7-15-29)33-23-11-5-4-10-22(23)30/h2-5,8-11,16,24,28H,1,6-7,12-15,17-18H2,(H,27,31)/t24-/m0/s1. The second kappa shape index (κ2) is 9.57. The Morgan fingerprint density at radius 2 is 1.82 bits per heavy atom. The lowest BCUT2D eigenvalue weighted by atomic mass is 10.1. The normalized spacial score (nSPS) is 18.0. The molecule has 0 spiro atoms. The average Bonchev–Trinajstić information content (AvgIpc) is 3.27. The van der Waals surface area contributed by atoms with Crippen LogP contribution in [0.3, 0.4) is 0 Å². The van der Waals surface area contributed by atoms with E-state index >= 15 is 0 Å². The Kier molecular flexibility index (Phi) is 6.19. The van der Waals surface area contributed by atoms with E-state index in [2.05, 4.69) is 22.4 Å². The van der Waals surface area contributed by atoms with Crippen molar-refractivity contribution < 1.29 is 14.3 Å². The molecular formula is C26H30N4O3. The Morgan fingerprint density at radius 1 is 1.03 bits per heavy atom. The predicted molar refractivity (Wildman–Crippen MR) is 129 cm³/mol. The van der Waals surface area contributed by atoms with Crippen molar-refractivity contribution in [3.63, 3.8) is 0 Å². The van der Waals surface area contributed by atoms with Crippen LogP contribution < -0.4 is 15.0 Å². The molecule has 0 radical (unpaired) electrons. The second-order valence-electron chi connectivity index (χ2n) is 8.80. The summed E-state index contributed by atoms with van der Waals surface area (Å²) < 4.78 is 6.06. The van der Waals surface area contributed by atoms with Crippen LogP contribution in [0.5, 0.6) is 5.75 Å². The number of carbonyl (C=O) groups is 2. The van der Waals surface area contributed by atoms with Gasteiger partial charge in [0.2, 0.25) is 5.91 Å². The summed E-state index contributed by atoms with van der Waals surface area (Å²) in [6.07, 6.45) is 5.42. The number of amides is 2. The lowest BCUT2D eigenvalue weighted by Gasteiger charge is -2.38. The lowest BCUT2D eigenvalue weighted by molar-refractivity contribution is -0.139. The first-order valence-corrected chi connectivity index (χ1v) is 11.8. The number of aromatic nitrogens is 1. The maximum atomic E-state index is 13.1. The number of piperidine rings is 1. The van der Waals surface area contributed by atoms with Crippen LogP contribution >= 0.6 is 0 Å². The monoisotopic (exact) mass is 446 g/mol. The predicted octanol–water partition coefficient (Wildman–Crippen LogP) is 3.11. The molecule has 7 nitrogen and oxygen atoms in total. The Balaban J connectivity index is 1.21. The number of ether oxygens (including phenoxy) is 1. The van der Waals surface area contributed by atoms with E-state index in [4.69, 9.17) is 4.74 Å². The van der Waals surface area contributed by atoms with E-state index in [1.165, 1.54) is 17.4 Å². The third-order valence-corrected chi connectivity index (χ3v) is 6.53. The summed E-state index contributed by atoms with van der Waals surface area (Å²) in [7, 11) is 0. The largest absolute Gasteiger partial charge is 0.477 e. The number of fused-ring (bicyclic) bond motifs is 2. The average molecular weight is 447 g/mol. The SMILES string of the molecule is O=C(CN1C[C@@H](C(=O)N2CCCCC2)Oc2ccccc21)NCCc1c[nH]c2ccccc12. The smallest absolute Gasteiger partial charge is 0.265 e. The zero-order chi connectivity index (χ0) is 22.6. The first-order valence-electron chi connectivity index (χ1n) is 11.8.